The zero-order valence-corrected chi connectivity index (χ0v) is 11.9. The fourth-order valence-electron chi connectivity index (χ4n) is 3.08. The molecule has 0 aliphatic carbocycles. The Labute approximate surface area is 123 Å². The van der Waals surface area contributed by atoms with Crippen LogP contribution in [0.4, 0.5) is 0 Å². The summed E-state index contributed by atoms with van der Waals surface area (Å²) in [5.74, 6) is -0.405. The largest absolute Gasteiger partial charge is 0.478 e. The zero-order valence-electron chi connectivity index (χ0n) is 11.9. The van der Waals surface area contributed by atoms with Crippen LogP contribution in [0.2, 0.25) is 0 Å². The molecule has 1 N–H and O–H groups in total. The second-order valence-electron chi connectivity index (χ2n) is 5.73. The fraction of sp³-hybridized carbons (Fsp3) is 0.500. The van der Waals surface area contributed by atoms with Crippen LogP contribution in [0.1, 0.15) is 39.1 Å². The topological polar surface area (TPSA) is 66.8 Å². The minimum Gasteiger partial charge on any atom is -0.478 e. The summed E-state index contributed by atoms with van der Waals surface area (Å²) in [5, 5.41) is 9.01. The van der Waals surface area contributed by atoms with Crippen molar-refractivity contribution in [2.45, 2.75) is 19.3 Å². The number of carbonyl (C=O) groups excluding carboxylic acids is 1. The van der Waals surface area contributed by atoms with Crippen LogP contribution in [0.15, 0.2) is 18.2 Å². The molecule has 1 aromatic carbocycles. The third-order valence-corrected chi connectivity index (χ3v) is 4.34. The average molecular weight is 289 g/mol. The molecule has 3 rings (SSSR count). The Kier molecular flexibility index (Phi) is 3.92. The highest BCUT2D eigenvalue weighted by atomic mass is 16.5. The first-order valence-corrected chi connectivity index (χ1v) is 7.38. The number of ether oxygens (including phenoxy) is 1. The molecule has 5 nitrogen and oxygen atoms in total. The van der Waals surface area contributed by atoms with Gasteiger partial charge in [0, 0.05) is 31.9 Å². The molecule has 1 saturated heterocycles. The fourth-order valence-corrected chi connectivity index (χ4v) is 3.08. The molecule has 1 amide bonds. The van der Waals surface area contributed by atoms with E-state index in [2.05, 4.69) is 0 Å². The van der Waals surface area contributed by atoms with Crippen molar-refractivity contribution in [3.63, 3.8) is 0 Å². The number of hydrogen-bond acceptors (Lipinski definition) is 3. The number of rotatable bonds is 3. The highest BCUT2D eigenvalue weighted by Crippen LogP contribution is 2.23. The van der Waals surface area contributed by atoms with E-state index in [-0.39, 0.29) is 11.5 Å². The van der Waals surface area contributed by atoms with Crippen molar-refractivity contribution in [1.29, 1.82) is 0 Å². The van der Waals surface area contributed by atoms with Gasteiger partial charge in [0.2, 0.25) is 0 Å². The lowest BCUT2D eigenvalue weighted by Crippen LogP contribution is -2.41. The van der Waals surface area contributed by atoms with E-state index in [0.29, 0.717) is 18.0 Å². The average Bonchev–Trinajstić information content (AvgIpc) is 2.51. The van der Waals surface area contributed by atoms with Crippen molar-refractivity contribution < 1.29 is 19.4 Å². The standard InChI is InChI=1S/C16H19NO4/c18-15-14-2-1-13(16(19)20)9-12(14)3-6-17(15)10-11-4-7-21-8-5-11/h1-2,9,11H,3-8,10H2,(H,19,20). The van der Waals surface area contributed by atoms with Crippen molar-refractivity contribution in [2.24, 2.45) is 5.92 Å². The minimum atomic E-state index is -0.949. The zero-order chi connectivity index (χ0) is 14.8. The lowest BCUT2D eigenvalue weighted by molar-refractivity contribution is 0.0448. The second-order valence-corrected chi connectivity index (χ2v) is 5.73. The number of nitrogens with zero attached hydrogens (tertiary/aromatic N) is 1. The lowest BCUT2D eigenvalue weighted by Gasteiger charge is -2.33. The summed E-state index contributed by atoms with van der Waals surface area (Å²) in [6.45, 7) is 3.02. The van der Waals surface area contributed by atoms with Gasteiger partial charge in [-0.05, 0) is 48.9 Å². The first-order valence-electron chi connectivity index (χ1n) is 7.38. The van der Waals surface area contributed by atoms with Gasteiger partial charge in [0.25, 0.3) is 5.91 Å². The van der Waals surface area contributed by atoms with E-state index in [1.54, 1.807) is 12.1 Å². The Morgan fingerprint density at radius 2 is 2.10 bits per heavy atom. The molecular weight excluding hydrogens is 270 g/mol. The summed E-state index contributed by atoms with van der Waals surface area (Å²) in [5.41, 5.74) is 1.75. The molecule has 0 unspecified atom stereocenters. The van der Waals surface area contributed by atoms with E-state index < -0.39 is 5.97 Å². The Morgan fingerprint density at radius 1 is 1.33 bits per heavy atom. The number of aromatic carboxylic acids is 1. The number of carbonyl (C=O) groups is 2. The van der Waals surface area contributed by atoms with E-state index >= 15 is 0 Å². The van der Waals surface area contributed by atoms with Gasteiger partial charge in [-0.1, -0.05) is 0 Å². The molecule has 2 aliphatic rings. The number of carboxylic acids is 1. The maximum Gasteiger partial charge on any atom is 0.335 e. The smallest absolute Gasteiger partial charge is 0.335 e. The van der Waals surface area contributed by atoms with Gasteiger partial charge in [-0.3, -0.25) is 4.79 Å². The van der Waals surface area contributed by atoms with Gasteiger partial charge in [-0.2, -0.15) is 0 Å². The Hall–Kier alpha value is -1.88. The molecule has 2 heterocycles. The molecule has 112 valence electrons. The second kappa shape index (κ2) is 5.85. The van der Waals surface area contributed by atoms with Crippen LogP contribution in [0.5, 0.6) is 0 Å². The van der Waals surface area contributed by atoms with E-state index in [9.17, 15) is 9.59 Å². The maximum absolute atomic E-state index is 12.5. The summed E-state index contributed by atoms with van der Waals surface area (Å²) in [6, 6.07) is 4.79. The Morgan fingerprint density at radius 3 is 2.81 bits per heavy atom. The normalized spacial score (nSPS) is 19.4. The number of hydrogen-bond donors (Lipinski definition) is 1. The van der Waals surface area contributed by atoms with Gasteiger partial charge in [-0.15, -0.1) is 0 Å². The summed E-state index contributed by atoms with van der Waals surface area (Å²) in [6.07, 6.45) is 2.74. The van der Waals surface area contributed by atoms with Crippen LogP contribution in [0.25, 0.3) is 0 Å². The van der Waals surface area contributed by atoms with Crippen molar-refractivity contribution >= 4 is 11.9 Å². The third-order valence-electron chi connectivity index (χ3n) is 4.34. The van der Waals surface area contributed by atoms with Gasteiger partial charge < -0.3 is 14.7 Å². The van der Waals surface area contributed by atoms with Crippen molar-refractivity contribution in [2.75, 3.05) is 26.3 Å². The molecule has 0 atom stereocenters. The number of amides is 1. The molecular formula is C16H19NO4. The van der Waals surface area contributed by atoms with E-state index in [0.717, 1.165) is 44.6 Å². The molecule has 0 saturated carbocycles. The SMILES string of the molecule is O=C(O)c1ccc2c(c1)CCN(CC1CCOCC1)C2=O. The van der Waals surface area contributed by atoms with Crippen LogP contribution >= 0.6 is 0 Å². The van der Waals surface area contributed by atoms with E-state index in [4.69, 9.17) is 9.84 Å². The van der Waals surface area contributed by atoms with Gasteiger partial charge in [0.1, 0.15) is 0 Å². The summed E-state index contributed by atoms with van der Waals surface area (Å²) < 4.78 is 5.35. The van der Waals surface area contributed by atoms with Crippen molar-refractivity contribution in [1.82, 2.24) is 4.90 Å². The summed E-state index contributed by atoms with van der Waals surface area (Å²) in [7, 11) is 0. The van der Waals surface area contributed by atoms with Gasteiger partial charge >= 0.3 is 5.97 Å². The monoisotopic (exact) mass is 289 g/mol. The molecule has 1 fully saturated rings. The van der Waals surface area contributed by atoms with Crippen LogP contribution in [-0.4, -0.2) is 48.2 Å². The molecule has 0 aromatic heterocycles. The predicted molar refractivity (Wildman–Crippen MR) is 76.6 cm³/mol. The summed E-state index contributed by atoms with van der Waals surface area (Å²) >= 11 is 0. The van der Waals surface area contributed by atoms with E-state index in [1.165, 1.54) is 6.07 Å². The first-order chi connectivity index (χ1) is 10.1. The third kappa shape index (κ3) is 2.93. The quantitative estimate of drug-likeness (QED) is 0.921. The maximum atomic E-state index is 12.5. The minimum absolute atomic E-state index is 0.0275. The molecule has 2 aliphatic heterocycles. The van der Waals surface area contributed by atoms with Gasteiger partial charge in [0.15, 0.2) is 0 Å². The van der Waals surface area contributed by atoms with Crippen LogP contribution in [-0.2, 0) is 11.2 Å². The van der Waals surface area contributed by atoms with Gasteiger partial charge in [0.05, 0.1) is 5.56 Å². The van der Waals surface area contributed by atoms with Crippen molar-refractivity contribution in [3.05, 3.63) is 34.9 Å². The van der Waals surface area contributed by atoms with Crippen LogP contribution < -0.4 is 0 Å². The van der Waals surface area contributed by atoms with Gasteiger partial charge in [-0.25, -0.2) is 4.79 Å². The van der Waals surface area contributed by atoms with Crippen LogP contribution in [0, 0.1) is 5.92 Å². The molecule has 1 aromatic rings. The Bertz CT molecular complexity index is 563. The molecule has 21 heavy (non-hydrogen) atoms. The van der Waals surface area contributed by atoms with Crippen molar-refractivity contribution in [3.8, 4) is 0 Å². The van der Waals surface area contributed by atoms with Crippen LogP contribution in [0.3, 0.4) is 0 Å². The molecule has 0 radical (unpaired) electrons. The highest BCUT2D eigenvalue weighted by Gasteiger charge is 2.27. The number of benzene rings is 1. The van der Waals surface area contributed by atoms with E-state index in [1.807, 2.05) is 4.90 Å². The Balaban J connectivity index is 1.74. The summed E-state index contributed by atoms with van der Waals surface area (Å²) in [4.78, 5) is 25.4. The number of carboxylic acid groups (broad SMARTS) is 1. The molecule has 0 bridgehead atoms. The number of fused-ring (bicyclic) bond motifs is 1. The predicted octanol–water partition coefficient (Wildman–Crippen LogP) is 1.81. The molecule has 5 heteroatoms. The first kappa shape index (κ1) is 14.1. The highest BCUT2D eigenvalue weighted by molar-refractivity contribution is 5.98. The lowest BCUT2D eigenvalue weighted by atomic mass is 9.94. The molecule has 0 spiro atoms.